The summed E-state index contributed by atoms with van der Waals surface area (Å²) < 4.78 is 0.584. The van der Waals surface area contributed by atoms with E-state index in [4.69, 9.17) is 5.11 Å². The highest BCUT2D eigenvalue weighted by Gasteiger charge is 2.08. The fourth-order valence-corrected chi connectivity index (χ4v) is 1.83. The molecule has 0 amide bonds. The van der Waals surface area contributed by atoms with Crippen molar-refractivity contribution in [3.63, 3.8) is 0 Å². The van der Waals surface area contributed by atoms with Crippen LogP contribution in [0.2, 0.25) is 0 Å². The molecule has 2 rings (SSSR count). The summed E-state index contributed by atoms with van der Waals surface area (Å²) >= 11 is 1.04. The Morgan fingerprint density at radius 2 is 2.31 bits per heavy atom. The molecule has 2 aromatic rings. The number of H-pyrrole nitrogens is 1. The highest BCUT2D eigenvalue weighted by Crippen LogP contribution is 2.21. The minimum Gasteiger partial charge on any atom is -0.477 e. The molecule has 0 aliphatic carbocycles. The van der Waals surface area contributed by atoms with Crippen LogP contribution in [0.1, 0.15) is 9.67 Å². The lowest BCUT2D eigenvalue weighted by Crippen LogP contribution is -2.03. The first-order valence-corrected chi connectivity index (χ1v) is 4.21. The highest BCUT2D eigenvalue weighted by atomic mass is 32.1. The predicted octanol–water partition coefficient (Wildman–Crippen LogP) is 0.683. The average molecular weight is 196 g/mol. The van der Waals surface area contributed by atoms with Crippen LogP contribution in [0.25, 0.3) is 10.2 Å². The van der Waals surface area contributed by atoms with Gasteiger partial charge in [-0.1, -0.05) is 0 Å². The highest BCUT2D eigenvalue weighted by molar-refractivity contribution is 7.20. The van der Waals surface area contributed by atoms with E-state index >= 15 is 0 Å². The van der Waals surface area contributed by atoms with Crippen LogP contribution in [0.4, 0.5) is 0 Å². The summed E-state index contributed by atoms with van der Waals surface area (Å²) in [6, 6.07) is 2.76. The van der Waals surface area contributed by atoms with Crippen LogP contribution in [0.15, 0.2) is 16.9 Å². The lowest BCUT2D eigenvalue weighted by atomic mass is 10.4. The maximum Gasteiger partial charge on any atom is 0.345 e. The van der Waals surface area contributed by atoms with Crippen molar-refractivity contribution in [2.75, 3.05) is 0 Å². The van der Waals surface area contributed by atoms with Gasteiger partial charge in [0.05, 0.1) is 4.70 Å². The Hall–Kier alpha value is -1.69. The van der Waals surface area contributed by atoms with Crippen molar-refractivity contribution in [2.24, 2.45) is 0 Å². The molecule has 6 heteroatoms. The Morgan fingerprint density at radius 3 is 3.00 bits per heavy atom. The number of aromatic nitrogens is 2. The van der Waals surface area contributed by atoms with E-state index in [1.54, 1.807) is 0 Å². The van der Waals surface area contributed by atoms with Crippen LogP contribution in [0.3, 0.4) is 0 Å². The zero-order valence-corrected chi connectivity index (χ0v) is 7.09. The Labute approximate surface area is 75.6 Å². The second-order valence-corrected chi connectivity index (χ2v) is 3.48. The Bertz CT molecular complexity index is 528. The van der Waals surface area contributed by atoms with Gasteiger partial charge in [-0.2, -0.15) is 5.10 Å². The van der Waals surface area contributed by atoms with Crippen molar-refractivity contribution in [1.82, 2.24) is 10.2 Å². The van der Waals surface area contributed by atoms with Crippen LogP contribution in [0.5, 0.6) is 0 Å². The number of carboxylic acid groups (broad SMARTS) is 1. The molecule has 13 heavy (non-hydrogen) atoms. The molecule has 66 valence electrons. The van der Waals surface area contributed by atoms with Crippen LogP contribution >= 0.6 is 11.3 Å². The van der Waals surface area contributed by atoms with Crippen molar-refractivity contribution >= 4 is 27.5 Å². The van der Waals surface area contributed by atoms with Gasteiger partial charge in [-0.05, 0) is 6.07 Å². The molecule has 2 aromatic heterocycles. The lowest BCUT2D eigenvalue weighted by molar-refractivity contribution is 0.0702. The summed E-state index contributed by atoms with van der Waals surface area (Å²) in [4.78, 5) is 21.5. The number of carboxylic acids is 1. The average Bonchev–Trinajstić information content (AvgIpc) is 2.46. The summed E-state index contributed by atoms with van der Waals surface area (Å²) in [5.41, 5.74) is 0.174. The number of thiophene rings is 1. The zero-order valence-electron chi connectivity index (χ0n) is 6.27. The molecular weight excluding hydrogens is 192 g/mol. The fourth-order valence-electron chi connectivity index (χ4n) is 0.958. The topological polar surface area (TPSA) is 83.0 Å². The SMILES string of the molecule is O=C(O)c1cc2n[nH]c(=O)cc2s1. The van der Waals surface area contributed by atoms with Gasteiger partial charge >= 0.3 is 5.97 Å². The smallest absolute Gasteiger partial charge is 0.345 e. The molecule has 0 saturated heterocycles. The van der Waals surface area contributed by atoms with Crippen molar-refractivity contribution in [2.45, 2.75) is 0 Å². The number of fused-ring (bicyclic) bond motifs is 1. The summed E-state index contributed by atoms with van der Waals surface area (Å²) in [7, 11) is 0. The first-order valence-electron chi connectivity index (χ1n) is 3.39. The molecule has 0 saturated carbocycles. The molecule has 0 spiro atoms. The van der Waals surface area contributed by atoms with E-state index < -0.39 is 5.97 Å². The van der Waals surface area contributed by atoms with Gasteiger partial charge in [0.1, 0.15) is 10.4 Å². The molecule has 0 bridgehead atoms. The van der Waals surface area contributed by atoms with Crippen LogP contribution in [-0.2, 0) is 0 Å². The first-order chi connectivity index (χ1) is 6.16. The molecule has 0 aliphatic heterocycles. The summed E-state index contributed by atoms with van der Waals surface area (Å²) in [5, 5.41) is 14.6. The molecule has 0 aliphatic rings. The van der Waals surface area contributed by atoms with Crippen LogP contribution < -0.4 is 5.56 Å². The molecule has 0 atom stereocenters. The van der Waals surface area contributed by atoms with Gasteiger partial charge in [-0.3, -0.25) is 4.79 Å². The van der Waals surface area contributed by atoms with Gasteiger partial charge in [0.2, 0.25) is 0 Å². The minimum absolute atomic E-state index is 0.182. The quantitative estimate of drug-likeness (QED) is 0.702. The van der Waals surface area contributed by atoms with Crippen molar-refractivity contribution in [3.05, 3.63) is 27.4 Å². The predicted molar refractivity (Wildman–Crippen MR) is 47.2 cm³/mol. The van der Waals surface area contributed by atoms with Gasteiger partial charge in [0.15, 0.2) is 0 Å². The third-order valence-corrected chi connectivity index (χ3v) is 2.56. The Balaban J connectivity index is 2.75. The van der Waals surface area contributed by atoms with E-state index in [1.807, 2.05) is 0 Å². The van der Waals surface area contributed by atoms with E-state index in [-0.39, 0.29) is 10.4 Å². The molecule has 0 aromatic carbocycles. The van der Waals surface area contributed by atoms with E-state index in [1.165, 1.54) is 12.1 Å². The third kappa shape index (κ3) is 1.31. The molecular formula is C7H4N2O3S. The Morgan fingerprint density at radius 1 is 1.54 bits per heavy atom. The van der Waals surface area contributed by atoms with Crippen LogP contribution in [-0.4, -0.2) is 21.3 Å². The molecule has 2 heterocycles. The molecule has 0 radical (unpaired) electrons. The number of carbonyl (C=O) groups is 1. The van der Waals surface area contributed by atoms with Gasteiger partial charge in [-0.15, -0.1) is 11.3 Å². The third-order valence-electron chi connectivity index (χ3n) is 1.50. The zero-order chi connectivity index (χ0) is 9.42. The summed E-state index contributed by atoms with van der Waals surface area (Å²) in [6.07, 6.45) is 0. The van der Waals surface area contributed by atoms with Gasteiger partial charge in [0.25, 0.3) is 5.56 Å². The second kappa shape index (κ2) is 2.67. The van der Waals surface area contributed by atoms with Crippen molar-refractivity contribution in [3.8, 4) is 0 Å². The molecule has 0 fully saturated rings. The van der Waals surface area contributed by atoms with Gasteiger partial charge in [0, 0.05) is 6.07 Å². The van der Waals surface area contributed by atoms with E-state index in [0.717, 1.165) is 11.3 Å². The monoisotopic (exact) mass is 196 g/mol. The van der Waals surface area contributed by atoms with Crippen molar-refractivity contribution < 1.29 is 9.90 Å². The van der Waals surface area contributed by atoms with E-state index in [2.05, 4.69) is 10.2 Å². The van der Waals surface area contributed by atoms with E-state index in [0.29, 0.717) is 10.2 Å². The molecule has 0 unspecified atom stereocenters. The standard InChI is InChI=1S/C7H4N2O3S/c10-6-2-4-3(8-9-6)1-5(13-4)7(11)12/h1-2H,(H,9,10)(H,11,12). The number of nitrogens with one attached hydrogen (secondary N) is 1. The van der Waals surface area contributed by atoms with Gasteiger partial charge < -0.3 is 5.11 Å². The number of hydrogen-bond donors (Lipinski definition) is 2. The second-order valence-electron chi connectivity index (χ2n) is 2.40. The minimum atomic E-state index is -1.00. The maximum atomic E-state index is 10.8. The van der Waals surface area contributed by atoms with E-state index in [9.17, 15) is 9.59 Å². The first kappa shape index (κ1) is 7.93. The summed E-state index contributed by atoms with van der Waals surface area (Å²) in [5.74, 6) is -1.00. The summed E-state index contributed by atoms with van der Waals surface area (Å²) in [6.45, 7) is 0. The number of rotatable bonds is 1. The normalized spacial score (nSPS) is 10.5. The number of nitrogens with zero attached hydrogens (tertiary/aromatic N) is 1. The maximum absolute atomic E-state index is 10.8. The number of aromatic amines is 1. The van der Waals surface area contributed by atoms with Crippen LogP contribution in [0, 0.1) is 0 Å². The van der Waals surface area contributed by atoms with Crippen molar-refractivity contribution in [1.29, 1.82) is 0 Å². The number of hydrogen-bond acceptors (Lipinski definition) is 4. The van der Waals surface area contributed by atoms with Gasteiger partial charge in [-0.25, -0.2) is 9.89 Å². The molecule has 2 N–H and O–H groups in total. The fraction of sp³-hybridized carbons (Fsp3) is 0. The lowest BCUT2D eigenvalue weighted by Gasteiger charge is -1.82. The number of aromatic carboxylic acids is 1. The molecule has 5 nitrogen and oxygen atoms in total. The Kier molecular flexibility index (Phi) is 1.63. The largest absolute Gasteiger partial charge is 0.477 e.